The molecule has 0 unspecified atom stereocenters. The van der Waals surface area contributed by atoms with Gasteiger partial charge in [0.15, 0.2) is 5.76 Å². The molecule has 0 atom stereocenters. The molecule has 1 amide bonds. The Morgan fingerprint density at radius 3 is 2.75 bits per heavy atom. The maximum atomic E-state index is 11.9. The summed E-state index contributed by atoms with van der Waals surface area (Å²) in [4.78, 5) is 11.9. The van der Waals surface area contributed by atoms with Crippen LogP contribution in [0, 0.1) is 0 Å². The molecular formula is C16H18N2O2. The molecule has 1 heterocycles. The van der Waals surface area contributed by atoms with E-state index in [4.69, 9.17) is 4.52 Å². The summed E-state index contributed by atoms with van der Waals surface area (Å²) in [6.07, 6.45) is 4.91. The summed E-state index contributed by atoms with van der Waals surface area (Å²) in [6, 6.07) is 12.0. The van der Waals surface area contributed by atoms with Crippen molar-refractivity contribution in [2.24, 2.45) is 0 Å². The van der Waals surface area contributed by atoms with E-state index in [1.54, 1.807) is 0 Å². The summed E-state index contributed by atoms with van der Waals surface area (Å²) in [5.41, 5.74) is 1.65. The van der Waals surface area contributed by atoms with Crippen LogP contribution in [0.4, 0.5) is 0 Å². The van der Waals surface area contributed by atoms with Gasteiger partial charge < -0.3 is 9.84 Å². The number of carbonyl (C=O) groups is 1. The predicted molar refractivity (Wildman–Crippen MR) is 76.0 cm³/mol. The molecule has 1 aromatic carbocycles. The molecule has 0 saturated heterocycles. The van der Waals surface area contributed by atoms with Crippen molar-refractivity contribution in [3.63, 3.8) is 0 Å². The van der Waals surface area contributed by atoms with Crippen LogP contribution in [-0.4, -0.2) is 17.1 Å². The van der Waals surface area contributed by atoms with E-state index >= 15 is 0 Å². The third-order valence-electron chi connectivity index (χ3n) is 3.68. The van der Waals surface area contributed by atoms with Crippen LogP contribution in [0.5, 0.6) is 0 Å². The number of carbonyl (C=O) groups excluding carboxylic acids is 1. The fraction of sp³-hybridized carbons (Fsp3) is 0.375. The van der Waals surface area contributed by atoms with Crippen molar-refractivity contribution in [2.45, 2.75) is 38.1 Å². The van der Waals surface area contributed by atoms with Gasteiger partial charge in [0.25, 0.3) is 0 Å². The van der Waals surface area contributed by atoms with Crippen molar-refractivity contribution < 1.29 is 9.32 Å². The smallest absolute Gasteiger partial charge is 0.226 e. The number of hydrogen-bond acceptors (Lipinski definition) is 3. The third-order valence-corrected chi connectivity index (χ3v) is 3.68. The van der Waals surface area contributed by atoms with Crippen LogP contribution in [0.2, 0.25) is 0 Å². The van der Waals surface area contributed by atoms with Crippen molar-refractivity contribution in [3.8, 4) is 11.3 Å². The van der Waals surface area contributed by atoms with E-state index in [9.17, 15) is 4.79 Å². The maximum absolute atomic E-state index is 11.9. The first-order chi connectivity index (χ1) is 9.81. The first-order valence-electron chi connectivity index (χ1n) is 7.11. The van der Waals surface area contributed by atoms with Crippen molar-refractivity contribution in [1.29, 1.82) is 0 Å². The number of aromatic nitrogens is 1. The van der Waals surface area contributed by atoms with Crippen LogP contribution in [0.25, 0.3) is 11.3 Å². The minimum Gasteiger partial charge on any atom is -0.356 e. The number of nitrogens with one attached hydrogen (secondary N) is 1. The molecule has 0 aliphatic heterocycles. The second-order valence-corrected chi connectivity index (χ2v) is 5.27. The lowest BCUT2D eigenvalue weighted by Gasteiger charge is -2.10. The second-order valence-electron chi connectivity index (χ2n) is 5.27. The van der Waals surface area contributed by atoms with E-state index in [1.807, 2.05) is 36.4 Å². The van der Waals surface area contributed by atoms with Gasteiger partial charge in [-0.05, 0) is 12.8 Å². The van der Waals surface area contributed by atoms with Gasteiger partial charge in [-0.15, -0.1) is 0 Å². The van der Waals surface area contributed by atoms with Crippen molar-refractivity contribution in [2.75, 3.05) is 0 Å². The monoisotopic (exact) mass is 270 g/mol. The number of hydrogen-bond donors (Lipinski definition) is 1. The predicted octanol–water partition coefficient (Wildman–Crippen LogP) is 2.94. The fourth-order valence-corrected chi connectivity index (χ4v) is 2.65. The van der Waals surface area contributed by atoms with Gasteiger partial charge in [-0.1, -0.05) is 48.3 Å². The summed E-state index contributed by atoms with van der Waals surface area (Å²) < 4.78 is 5.29. The highest BCUT2D eigenvalue weighted by atomic mass is 16.5. The molecule has 1 fully saturated rings. The molecule has 1 aliphatic rings. The highest BCUT2D eigenvalue weighted by molar-refractivity contribution is 5.78. The Balaban J connectivity index is 1.61. The largest absolute Gasteiger partial charge is 0.356 e. The van der Waals surface area contributed by atoms with Crippen LogP contribution in [0.3, 0.4) is 0 Å². The van der Waals surface area contributed by atoms with Crippen molar-refractivity contribution in [1.82, 2.24) is 10.5 Å². The Hall–Kier alpha value is -2.10. The van der Waals surface area contributed by atoms with Crippen LogP contribution < -0.4 is 5.32 Å². The highest BCUT2D eigenvalue weighted by Crippen LogP contribution is 2.20. The summed E-state index contributed by atoms with van der Waals surface area (Å²) in [5.74, 6) is 0.735. The molecule has 20 heavy (non-hydrogen) atoms. The number of nitrogens with zero attached hydrogens (tertiary/aromatic N) is 1. The van der Waals surface area contributed by atoms with E-state index in [0.717, 1.165) is 18.4 Å². The minimum atomic E-state index is 0.0322. The van der Waals surface area contributed by atoms with Gasteiger partial charge in [-0.25, -0.2) is 0 Å². The van der Waals surface area contributed by atoms with E-state index < -0.39 is 0 Å². The molecular weight excluding hydrogens is 252 g/mol. The highest BCUT2D eigenvalue weighted by Gasteiger charge is 2.18. The molecule has 1 saturated carbocycles. The molecule has 4 nitrogen and oxygen atoms in total. The summed E-state index contributed by atoms with van der Waals surface area (Å²) in [6.45, 7) is 0. The first-order valence-corrected chi connectivity index (χ1v) is 7.11. The number of amides is 1. The lowest BCUT2D eigenvalue weighted by molar-refractivity contribution is -0.121. The topological polar surface area (TPSA) is 55.1 Å². The fourth-order valence-electron chi connectivity index (χ4n) is 2.65. The van der Waals surface area contributed by atoms with Gasteiger partial charge in [-0.2, -0.15) is 0 Å². The van der Waals surface area contributed by atoms with E-state index in [1.165, 1.54) is 12.8 Å². The average Bonchev–Trinajstić information content (AvgIpc) is 3.11. The van der Waals surface area contributed by atoms with Crippen LogP contribution in [0.15, 0.2) is 40.9 Å². The summed E-state index contributed by atoms with van der Waals surface area (Å²) in [5, 5.41) is 7.03. The lowest BCUT2D eigenvalue weighted by atomic mass is 10.1. The van der Waals surface area contributed by atoms with E-state index in [-0.39, 0.29) is 12.3 Å². The molecule has 0 radical (unpaired) electrons. The molecule has 0 bridgehead atoms. The average molecular weight is 270 g/mol. The minimum absolute atomic E-state index is 0.0322. The standard InChI is InChI=1S/C16H18N2O2/c19-16(17-13-8-4-5-9-13)11-14-10-15(20-18-14)12-6-2-1-3-7-12/h1-3,6-7,10,13H,4-5,8-9,11H2,(H,17,19). The van der Waals surface area contributed by atoms with Crippen LogP contribution in [0.1, 0.15) is 31.4 Å². The lowest BCUT2D eigenvalue weighted by Crippen LogP contribution is -2.33. The van der Waals surface area contributed by atoms with Crippen molar-refractivity contribution >= 4 is 5.91 Å². The van der Waals surface area contributed by atoms with Crippen LogP contribution in [-0.2, 0) is 11.2 Å². The van der Waals surface area contributed by atoms with Crippen molar-refractivity contribution in [3.05, 3.63) is 42.1 Å². The quantitative estimate of drug-likeness (QED) is 0.929. The van der Waals surface area contributed by atoms with Gasteiger partial charge >= 0.3 is 0 Å². The van der Waals surface area contributed by atoms with Gasteiger partial charge in [0.05, 0.1) is 12.1 Å². The normalized spacial score (nSPS) is 15.4. The Morgan fingerprint density at radius 1 is 1.25 bits per heavy atom. The maximum Gasteiger partial charge on any atom is 0.226 e. The Kier molecular flexibility index (Phi) is 3.81. The Morgan fingerprint density at radius 2 is 2.00 bits per heavy atom. The van der Waals surface area contributed by atoms with E-state index in [2.05, 4.69) is 10.5 Å². The molecule has 4 heteroatoms. The van der Waals surface area contributed by atoms with Gasteiger partial charge in [0.2, 0.25) is 5.91 Å². The van der Waals surface area contributed by atoms with Gasteiger partial charge in [0, 0.05) is 17.7 Å². The molecule has 1 N–H and O–H groups in total. The molecule has 1 aromatic heterocycles. The molecule has 0 spiro atoms. The Bertz CT molecular complexity index is 571. The van der Waals surface area contributed by atoms with E-state index in [0.29, 0.717) is 17.5 Å². The second kappa shape index (κ2) is 5.90. The van der Waals surface area contributed by atoms with Crippen LogP contribution >= 0.6 is 0 Å². The SMILES string of the molecule is O=C(Cc1cc(-c2ccccc2)on1)NC1CCCC1. The number of benzene rings is 1. The molecule has 1 aliphatic carbocycles. The zero-order chi connectivity index (χ0) is 13.8. The summed E-state index contributed by atoms with van der Waals surface area (Å²) >= 11 is 0. The molecule has 104 valence electrons. The zero-order valence-corrected chi connectivity index (χ0v) is 11.3. The summed E-state index contributed by atoms with van der Waals surface area (Å²) in [7, 11) is 0. The third kappa shape index (κ3) is 3.07. The molecule has 3 rings (SSSR count). The van der Waals surface area contributed by atoms with Gasteiger partial charge in [-0.3, -0.25) is 4.79 Å². The zero-order valence-electron chi connectivity index (χ0n) is 11.3. The Labute approximate surface area is 118 Å². The first kappa shape index (κ1) is 12.9. The molecule has 2 aromatic rings. The number of rotatable bonds is 4. The van der Waals surface area contributed by atoms with Gasteiger partial charge in [0.1, 0.15) is 0 Å².